The van der Waals surface area contributed by atoms with Gasteiger partial charge in [0.2, 0.25) is 5.91 Å². The molecule has 0 aromatic carbocycles. The first kappa shape index (κ1) is 14.0. The van der Waals surface area contributed by atoms with Gasteiger partial charge in [-0.05, 0) is 11.4 Å². The molecule has 1 aromatic rings. The molecule has 102 valence electrons. The van der Waals surface area contributed by atoms with Gasteiger partial charge in [-0.15, -0.1) is 11.3 Å². The number of nitriles is 1. The molecule has 0 bridgehead atoms. The number of piperazine rings is 1. The molecule has 1 aromatic heterocycles. The van der Waals surface area contributed by atoms with E-state index < -0.39 is 0 Å². The van der Waals surface area contributed by atoms with Crippen LogP contribution in [0.25, 0.3) is 0 Å². The van der Waals surface area contributed by atoms with E-state index in [-0.39, 0.29) is 17.9 Å². The van der Waals surface area contributed by atoms with E-state index in [1.54, 1.807) is 11.3 Å². The van der Waals surface area contributed by atoms with Gasteiger partial charge in [-0.2, -0.15) is 5.26 Å². The molecule has 1 saturated heterocycles. The first-order valence-electron chi connectivity index (χ1n) is 6.59. The molecule has 5 heteroatoms. The van der Waals surface area contributed by atoms with Crippen LogP contribution in [-0.4, -0.2) is 41.9 Å². The van der Waals surface area contributed by atoms with Crippen molar-refractivity contribution in [1.29, 1.82) is 5.26 Å². The van der Waals surface area contributed by atoms with Crippen LogP contribution >= 0.6 is 11.3 Å². The Morgan fingerprint density at radius 2 is 2.05 bits per heavy atom. The summed E-state index contributed by atoms with van der Waals surface area (Å²) in [4.78, 5) is 17.1. The minimum Gasteiger partial charge on any atom is -0.340 e. The Bertz CT molecular complexity index is 456. The number of carbonyl (C=O) groups excluding carboxylic acids is 1. The lowest BCUT2D eigenvalue weighted by Crippen LogP contribution is -2.50. The van der Waals surface area contributed by atoms with Crippen LogP contribution in [0.5, 0.6) is 0 Å². The van der Waals surface area contributed by atoms with Crippen LogP contribution < -0.4 is 0 Å². The first-order chi connectivity index (χ1) is 9.13. The van der Waals surface area contributed by atoms with Gasteiger partial charge in [-0.3, -0.25) is 9.69 Å². The molecule has 0 N–H and O–H groups in total. The number of amides is 1. The van der Waals surface area contributed by atoms with E-state index in [9.17, 15) is 10.1 Å². The van der Waals surface area contributed by atoms with E-state index in [1.165, 1.54) is 0 Å². The van der Waals surface area contributed by atoms with Crippen LogP contribution in [0.3, 0.4) is 0 Å². The minimum atomic E-state index is -0.170. The molecule has 1 amide bonds. The first-order valence-corrected chi connectivity index (χ1v) is 7.47. The zero-order chi connectivity index (χ0) is 13.8. The maximum absolute atomic E-state index is 11.9. The second kappa shape index (κ2) is 6.18. The monoisotopic (exact) mass is 277 g/mol. The maximum Gasteiger partial charge on any atom is 0.225 e. The van der Waals surface area contributed by atoms with E-state index in [0.717, 1.165) is 31.1 Å². The Labute approximate surface area is 118 Å². The van der Waals surface area contributed by atoms with Crippen molar-refractivity contribution in [2.24, 2.45) is 5.92 Å². The molecule has 1 fully saturated rings. The highest BCUT2D eigenvalue weighted by Gasteiger charge is 2.28. The van der Waals surface area contributed by atoms with Gasteiger partial charge in [0.25, 0.3) is 0 Å². The molecule has 0 aliphatic carbocycles. The molecule has 0 spiro atoms. The molecular formula is C14H19N3OS. The Balaban J connectivity index is 1.96. The van der Waals surface area contributed by atoms with Gasteiger partial charge in [0.05, 0.1) is 6.07 Å². The molecule has 1 aliphatic rings. The summed E-state index contributed by atoms with van der Waals surface area (Å²) in [6.45, 7) is 6.85. The number of rotatable bonds is 3. The average Bonchev–Trinajstić information content (AvgIpc) is 2.93. The van der Waals surface area contributed by atoms with Crippen molar-refractivity contribution in [3.8, 4) is 6.07 Å². The zero-order valence-electron chi connectivity index (χ0n) is 11.4. The van der Waals surface area contributed by atoms with Crippen LogP contribution in [0.15, 0.2) is 17.5 Å². The number of hydrogen-bond donors (Lipinski definition) is 0. The van der Waals surface area contributed by atoms with E-state index in [0.29, 0.717) is 0 Å². The fourth-order valence-corrected chi connectivity index (χ4v) is 3.14. The lowest BCUT2D eigenvalue weighted by Gasteiger charge is -2.37. The lowest BCUT2D eigenvalue weighted by molar-refractivity contribution is -0.136. The number of hydrogen-bond acceptors (Lipinski definition) is 4. The summed E-state index contributed by atoms with van der Waals surface area (Å²) in [6, 6.07) is 6.18. The molecule has 2 heterocycles. The van der Waals surface area contributed by atoms with Gasteiger partial charge in [0.15, 0.2) is 0 Å². The van der Waals surface area contributed by atoms with Crippen molar-refractivity contribution in [3.05, 3.63) is 22.4 Å². The topological polar surface area (TPSA) is 47.3 Å². The van der Waals surface area contributed by atoms with Gasteiger partial charge in [-0.25, -0.2) is 0 Å². The van der Waals surface area contributed by atoms with Crippen LogP contribution in [0.1, 0.15) is 24.8 Å². The minimum absolute atomic E-state index is 0.0515. The van der Waals surface area contributed by atoms with Crippen LogP contribution in [0.2, 0.25) is 0 Å². The highest BCUT2D eigenvalue weighted by atomic mass is 32.1. The van der Waals surface area contributed by atoms with Crippen molar-refractivity contribution >= 4 is 17.2 Å². The number of nitrogens with zero attached hydrogens (tertiary/aromatic N) is 3. The standard InChI is InChI=1S/C14H19N3OS/c1-11(2)14(18)17-7-5-16(6-8-17)12(10-15)13-4-3-9-19-13/h3-4,9,11-12H,5-8H2,1-2H3. The second-order valence-corrected chi connectivity index (χ2v) is 6.04. The summed E-state index contributed by atoms with van der Waals surface area (Å²) in [7, 11) is 0. The highest BCUT2D eigenvalue weighted by Crippen LogP contribution is 2.25. The summed E-state index contributed by atoms with van der Waals surface area (Å²) < 4.78 is 0. The largest absolute Gasteiger partial charge is 0.340 e. The molecule has 1 atom stereocenters. The summed E-state index contributed by atoms with van der Waals surface area (Å²) in [5.41, 5.74) is 0. The highest BCUT2D eigenvalue weighted by molar-refractivity contribution is 7.10. The van der Waals surface area contributed by atoms with E-state index >= 15 is 0 Å². The van der Waals surface area contributed by atoms with Crippen molar-refractivity contribution in [2.45, 2.75) is 19.9 Å². The van der Waals surface area contributed by atoms with E-state index in [2.05, 4.69) is 11.0 Å². The lowest BCUT2D eigenvalue weighted by atomic mass is 10.1. The molecule has 0 saturated carbocycles. The molecule has 1 aliphatic heterocycles. The molecule has 1 unspecified atom stereocenters. The van der Waals surface area contributed by atoms with Crippen molar-refractivity contribution in [2.75, 3.05) is 26.2 Å². The molecule has 4 nitrogen and oxygen atoms in total. The Morgan fingerprint density at radius 1 is 1.37 bits per heavy atom. The van der Waals surface area contributed by atoms with Gasteiger partial charge < -0.3 is 4.90 Å². The number of carbonyl (C=O) groups is 1. The Kier molecular flexibility index (Phi) is 4.56. The average molecular weight is 277 g/mol. The predicted octanol–water partition coefficient (Wildman–Crippen LogP) is 2.11. The summed E-state index contributed by atoms with van der Waals surface area (Å²) in [5.74, 6) is 0.264. The summed E-state index contributed by atoms with van der Waals surface area (Å²) in [5, 5.41) is 11.3. The molecule has 19 heavy (non-hydrogen) atoms. The van der Waals surface area contributed by atoms with E-state index in [4.69, 9.17) is 0 Å². The fourth-order valence-electron chi connectivity index (χ4n) is 2.34. The molecule has 0 radical (unpaired) electrons. The van der Waals surface area contributed by atoms with Gasteiger partial charge >= 0.3 is 0 Å². The van der Waals surface area contributed by atoms with Crippen molar-refractivity contribution in [1.82, 2.24) is 9.80 Å². The zero-order valence-corrected chi connectivity index (χ0v) is 12.2. The normalized spacial score (nSPS) is 18.3. The maximum atomic E-state index is 11.9. The third kappa shape index (κ3) is 3.14. The van der Waals surface area contributed by atoms with Gasteiger partial charge in [0.1, 0.15) is 6.04 Å². The summed E-state index contributed by atoms with van der Waals surface area (Å²) >= 11 is 1.62. The Morgan fingerprint density at radius 3 is 2.53 bits per heavy atom. The van der Waals surface area contributed by atoms with Gasteiger partial charge in [-0.1, -0.05) is 19.9 Å². The van der Waals surface area contributed by atoms with Crippen LogP contribution in [0, 0.1) is 17.2 Å². The number of thiophene rings is 1. The van der Waals surface area contributed by atoms with Crippen molar-refractivity contribution < 1.29 is 4.79 Å². The Hall–Kier alpha value is -1.38. The van der Waals surface area contributed by atoms with Gasteiger partial charge in [0, 0.05) is 37.0 Å². The SMILES string of the molecule is CC(C)C(=O)N1CCN(C(C#N)c2cccs2)CC1. The quantitative estimate of drug-likeness (QED) is 0.850. The second-order valence-electron chi connectivity index (χ2n) is 5.06. The van der Waals surface area contributed by atoms with Crippen LogP contribution in [0.4, 0.5) is 0 Å². The molecule has 2 rings (SSSR count). The third-order valence-corrected chi connectivity index (χ3v) is 4.34. The van der Waals surface area contributed by atoms with Crippen LogP contribution in [-0.2, 0) is 4.79 Å². The molecular weight excluding hydrogens is 258 g/mol. The van der Waals surface area contributed by atoms with E-state index in [1.807, 2.05) is 36.3 Å². The third-order valence-electron chi connectivity index (χ3n) is 3.42. The predicted molar refractivity (Wildman–Crippen MR) is 75.7 cm³/mol. The summed E-state index contributed by atoms with van der Waals surface area (Å²) in [6.07, 6.45) is 0. The fraction of sp³-hybridized carbons (Fsp3) is 0.571. The smallest absolute Gasteiger partial charge is 0.225 e. The van der Waals surface area contributed by atoms with Crippen molar-refractivity contribution in [3.63, 3.8) is 0 Å².